The lowest BCUT2D eigenvalue weighted by Gasteiger charge is -2.08. The van der Waals surface area contributed by atoms with Crippen LogP contribution in [0, 0.1) is 5.82 Å². The quantitative estimate of drug-likeness (QED) is 0.680. The van der Waals surface area contributed by atoms with Crippen molar-refractivity contribution in [2.75, 3.05) is 0 Å². The van der Waals surface area contributed by atoms with Crippen molar-refractivity contribution in [3.05, 3.63) is 84.2 Å². The molecular weight excluding hydrogens is 277 g/mol. The SMILES string of the molecule is Oc1c(C=Nc2ccccc2)cc(F)cc1-c1ccccc1. The molecule has 0 unspecified atom stereocenters. The van der Waals surface area contributed by atoms with Gasteiger partial charge in [0, 0.05) is 17.3 Å². The molecule has 0 aliphatic carbocycles. The third-order valence-electron chi connectivity index (χ3n) is 3.30. The molecule has 3 aromatic rings. The number of phenolic OH excluding ortho intramolecular Hbond substituents is 1. The highest BCUT2D eigenvalue weighted by Crippen LogP contribution is 2.32. The Morgan fingerprint density at radius 2 is 1.50 bits per heavy atom. The number of hydrogen-bond donors (Lipinski definition) is 1. The fourth-order valence-corrected chi connectivity index (χ4v) is 2.21. The van der Waals surface area contributed by atoms with Crippen molar-refractivity contribution < 1.29 is 9.50 Å². The van der Waals surface area contributed by atoms with Gasteiger partial charge in [0.05, 0.1) is 5.69 Å². The minimum Gasteiger partial charge on any atom is -0.507 e. The van der Waals surface area contributed by atoms with E-state index in [1.807, 2.05) is 60.7 Å². The van der Waals surface area contributed by atoms with Crippen molar-refractivity contribution in [1.82, 2.24) is 0 Å². The van der Waals surface area contributed by atoms with E-state index in [0.29, 0.717) is 11.1 Å². The lowest BCUT2D eigenvalue weighted by atomic mass is 10.0. The smallest absolute Gasteiger partial charge is 0.132 e. The predicted octanol–water partition coefficient (Wildman–Crippen LogP) is 4.95. The molecule has 0 spiro atoms. The Hall–Kier alpha value is -2.94. The maximum absolute atomic E-state index is 13.8. The van der Waals surface area contributed by atoms with Crippen LogP contribution in [0.2, 0.25) is 0 Å². The van der Waals surface area contributed by atoms with Crippen LogP contribution in [0.3, 0.4) is 0 Å². The summed E-state index contributed by atoms with van der Waals surface area (Å²) in [5.74, 6) is -0.390. The molecule has 0 aliphatic heterocycles. The van der Waals surface area contributed by atoms with Gasteiger partial charge >= 0.3 is 0 Å². The van der Waals surface area contributed by atoms with E-state index in [2.05, 4.69) is 4.99 Å². The molecular formula is C19H14FNO. The maximum Gasteiger partial charge on any atom is 0.132 e. The van der Waals surface area contributed by atoms with Crippen LogP contribution in [0.4, 0.5) is 10.1 Å². The number of para-hydroxylation sites is 1. The van der Waals surface area contributed by atoms with Gasteiger partial charge in [0.2, 0.25) is 0 Å². The van der Waals surface area contributed by atoms with E-state index in [0.717, 1.165) is 11.3 Å². The summed E-state index contributed by atoms with van der Waals surface area (Å²) in [5.41, 5.74) is 2.30. The lowest BCUT2D eigenvalue weighted by molar-refractivity contribution is 0.474. The van der Waals surface area contributed by atoms with Crippen molar-refractivity contribution in [1.29, 1.82) is 0 Å². The zero-order chi connectivity index (χ0) is 15.4. The Balaban J connectivity index is 2.02. The summed E-state index contributed by atoms with van der Waals surface area (Å²) in [4.78, 5) is 4.26. The van der Waals surface area contributed by atoms with Crippen molar-refractivity contribution in [3.63, 3.8) is 0 Å². The number of halogens is 1. The molecule has 0 heterocycles. The summed E-state index contributed by atoms with van der Waals surface area (Å²) in [5, 5.41) is 10.4. The Morgan fingerprint density at radius 1 is 0.864 bits per heavy atom. The number of phenols is 1. The summed E-state index contributed by atoms with van der Waals surface area (Å²) >= 11 is 0. The zero-order valence-corrected chi connectivity index (χ0v) is 11.8. The molecule has 1 N–H and O–H groups in total. The first-order valence-electron chi connectivity index (χ1n) is 6.91. The second-order valence-corrected chi connectivity index (χ2v) is 4.85. The highest BCUT2D eigenvalue weighted by molar-refractivity contribution is 5.89. The van der Waals surface area contributed by atoms with Gasteiger partial charge in [-0.05, 0) is 29.8 Å². The maximum atomic E-state index is 13.8. The average molecular weight is 291 g/mol. The number of rotatable bonds is 3. The fraction of sp³-hybridized carbons (Fsp3) is 0. The van der Waals surface area contributed by atoms with Gasteiger partial charge in [-0.1, -0.05) is 48.5 Å². The molecule has 0 aromatic heterocycles. The molecule has 3 aromatic carbocycles. The van der Waals surface area contributed by atoms with Crippen molar-refractivity contribution in [2.45, 2.75) is 0 Å². The molecule has 0 radical (unpaired) electrons. The van der Waals surface area contributed by atoms with Gasteiger partial charge in [-0.15, -0.1) is 0 Å². The van der Waals surface area contributed by atoms with E-state index in [1.165, 1.54) is 18.3 Å². The van der Waals surface area contributed by atoms with Gasteiger partial charge in [0.1, 0.15) is 11.6 Å². The Morgan fingerprint density at radius 3 is 2.18 bits per heavy atom. The highest BCUT2D eigenvalue weighted by Gasteiger charge is 2.10. The van der Waals surface area contributed by atoms with Gasteiger partial charge in [0.15, 0.2) is 0 Å². The molecule has 0 saturated heterocycles. The van der Waals surface area contributed by atoms with Crippen LogP contribution < -0.4 is 0 Å². The molecule has 3 heteroatoms. The minimum atomic E-state index is -0.411. The predicted molar refractivity (Wildman–Crippen MR) is 87.2 cm³/mol. The molecule has 0 bridgehead atoms. The number of benzene rings is 3. The molecule has 0 atom stereocenters. The van der Waals surface area contributed by atoms with Crippen LogP contribution in [-0.4, -0.2) is 11.3 Å². The third-order valence-corrected chi connectivity index (χ3v) is 3.30. The van der Waals surface area contributed by atoms with Gasteiger partial charge < -0.3 is 5.11 Å². The Kier molecular flexibility index (Phi) is 3.97. The van der Waals surface area contributed by atoms with Crippen molar-refractivity contribution in [3.8, 4) is 16.9 Å². The largest absolute Gasteiger partial charge is 0.507 e. The molecule has 3 rings (SSSR count). The number of nitrogens with zero attached hydrogens (tertiary/aromatic N) is 1. The second kappa shape index (κ2) is 6.22. The van der Waals surface area contributed by atoms with Crippen molar-refractivity contribution >= 4 is 11.9 Å². The Labute approximate surface area is 128 Å². The standard InChI is InChI=1S/C19H14FNO/c20-16-11-15(13-21-17-9-5-2-6-10-17)19(22)18(12-16)14-7-3-1-4-8-14/h1-13,22H. The monoisotopic (exact) mass is 291 g/mol. The molecule has 0 aliphatic rings. The van der Waals surface area contributed by atoms with Gasteiger partial charge in [-0.3, -0.25) is 4.99 Å². The average Bonchev–Trinajstić information content (AvgIpc) is 2.57. The van der Waals surface area contributed by atoms with Crippen LogP contribution in [0.5, 0.6) is 5.75 Å². The minimum absolute atomic E-state index is 0.0206. The highest BCUT2D eigenvalue weighted by atomic mass is 19.1. The molecule has 108 valence electrons. The number of aliphatic imine (C=N–C) groups is 1. The van der Waals surface area contributed by atoms with Gasteiger partial charge in [-0.2, -0.15) is 0 Å². The van der Waals surface area contributed by atoms with Crippen LogP contribution >= 0.6 is 0 Å². The third kappa shape index (κ3) is 3.04. The van der Waals surface area contributed by atoms with E-state index in [1.54, 1.807) is 0 Å². The molecule has 0 saturated carbocycles. The lowest BCUT2D eigenvalue weighted by Crippen LogP contribution is -1.89. The van der Waals surface area contributed by atoms with Gasteiger partial charge in [-0.25, -0.2) is 4.39 Å². The first kappa shape index (κ1) is 14.0. The fourth-order valence-electron chi connectivity index (χ4n) is 2.21. The molecule has 22 heavy (non-hydrogen) atoms. The summed E-state index contributed by atoms with van der Waals surface area (Å²) < 4.78 is 13.8. The van der Waals surface area contributed by atoms with E-state index < -0.39 is 5.82 Å². The topological polar surface area (TPSA) is 32.6 Å². The normalized spacial score (nSPS) is 11.0. The summed E-state index contributed by atoms with van der Waals surface area (Å²) in [6.07, 6.45) is 1.47. The molecule has 0 fully saturated rings. The summed E-state index contributed by atoms with van der Waals surface area (Å²) in [6, 6.07) is 21.1. The number of hydrogen-bond acceptors (Lipinski definition) is 2. The van der Waals surface area contributed by atoms with Crippen LogP contribution in [0.1, 0.15) is 5.56 Å². The van der Waals surface area contributed by atoms with E-state index in [-0.39, 0.29) is 5.75 Å². The van der Waals surface area contributed by atoms with E-state index in [4.69, 9.17) is 0 Å². The van der Waals surface area contributed by atoms with Crippen LogP contribution in [-0.2, 0) is 0 Å². The van der Waals surface area contributed by atoms with Crippen molar-refractivity contribution in [2.24, 2.45) is 4.99 Å². The van der Waals surface area contributed by atoms with Crippen LogP contribution in [0.25, 0.3) is 11.1 Å². The molecule has 0 amide bonds. The summed E-state index contributed by atoms with van der Waals surface area (Å²) in [6.45, 7) is 0. The molecule has 2 nitrogen and oxygen atoms in total. The van der Waals surface area contributed by atoms with Crippen LogP contribution in [0.15, 0.2) is 77.8 Å². The number of aromatic hydroxyl groups is 1. The summed E-state index contributed by atoms with van der Waals surface area (Å²) in [7, 11) is 0. The Bertz CT molecular complexity index is 798. The second-order valence-electron chi connectivity index (χ2n) is 4.85. The van der Waals surface area contributed by atoms with E-state index >= 15 is 0 Å². The van der Waals surface area contributed by atoms with E-state index in [9.17, 15) is 9.50 Å². The van der Waals surface area contributed by atoms with Gasteiger partial charge in [0.25, 0.3) is 0 Å². The first-order valence-corrected chi connectivity index (χ1v) is 6.91. The first-order chi connectivity index (χ1) is 10.7. The zero-order valence-electron chi connectivity index (χ0n) is 11.8.